The first-order valence-electron chi connectivity index (χ1n) is 8.10. The average molecular weight is 401 g/mol. The Bertz CT molecular complexity index is 1060. The molecule has 0 spiro atoms. The molecule has 138 valence electrons. The van der Waals surface area contributed by atoms with Crippen molar-refractivity contribution in [3.05, 3.63) is 88.9 Å². The Morgan fingerprint density at radius 2 is 1.52 bits per heavy atom. The van der Waals surface area contributed by atoms with Gasteiger partial charge in [-0.3, -0.25) is 9.52 Å². The fraction of sp³-hybridized carbons (Fsp3) is 0.0500. The Labute approximate surface area is 163 Å². The summed E-state index contributed by atoms with van der Waals surface area (Å²) in [4.78, 5) is 12.4. The summed E-state index contributed by atoms with van der Waals surface area (Å²) in [6, 6.07) is 19.5. The highest BCUT2D eigenvalue weighted by molar-refractivity contribution is 7.92. The molecule has 0 saturated heterocycles. The van der Waals surface area contributed by atoms with Crippen molar-refractivity contribution in [2.45, 2.75) is 11.8 Å². The molecule has 0 aliphatic rings. The first kappa shape index (κ1) is 18.9. The van der Waals surface area contributed by atoms with Crippen LogP contribution < -0.4 is 10.0 Å². The number of nitrogens with one attached hydrogen (secondary N) is 2. The molecule has 0 bridgehead atoms. The number of sulfonamides is 1. The summed E-state index contributed by atoms with van der Waals surface area (Å²) in [5, 5.41) is 3.27. The topological polar surface area (TPSA) is 75.3 Å². The lowest BCUT2D eigenvalue weighted by Crippen LogP contribution is -2.16. The Morgan fingerprint density at radius 3 is 2.19 bits per heavy atom. The standard InChI is InChI=1S/C20H17ClN2O3S/c1-14-5-9-18(10-6-14)23-27(25,26)19-4-2-3-15(13-19)20(24)22-17-11-7-16(21)8-12-17/h2-13,23H,1H3,(H,22,24). The minimum absolute atomic E-state index is 0.00633. The number of benzene rings is 3. The maximum atomic E-state index is 12.6. The van der Waals surface area contributed by atoms with Gasteiger partial charge in [0.1, 0.15) is 0 Å². The number of hydrogen-bond donors (Lipinski definition) is 2. The van der Waals surface area contributed by atoms with Crippen LogP contribution in [-0.2, 0) is 10.0 Å². The predicted molar refractivity (Wildman–Crippen MR) is 108 cm³/mol. The number of rotatable bonds is 5. The molecule has 3 aromatic carbocycles. The van der Waals surface area contributed by atoms with E-state index in [1.54, 1.807) is 42.5 Å². The fourth-order valence-corrected chi connectivity index (χ4v) is 3.61. The zero-order valence-electron chi connectivity index (χ0n) is 14.4. The third-order valence-corrected chi connectivity index (χ3v) is 5.44. The molecule has 0 saturated carbocycles. The minimum atomic E-state index is -3.81. The number of amides is 1. The van der Waals surface area contributed by atoms with Crippen LogP contribution in [0.5, 0.6) is 0 Å². The molecular formula is C20H17ClN2O3S. The van der Waals surface area contributed by atoms with E-state index in [1.165, 1.54) is 18.2 Å². The first-order chi connectivity index (χ1) is 12.8. The van der Waals surface area contributed by atoms with Crippen molar-refractivity contribution in [2.24, 2.45) is 0 Å². The molecule has 0 aliphatic heterocycles. The zero-order chi connectivity index (χ0) is 19.4. The van der Waals surface area contributed by atoms with Crippen LogP contribution in [0.1, 0.15) is 15.9 Å². The number of anilines is 2. The summed E-state index contributed by atoms with van der Waals surface area (Å²) >= 11 is 5.82. The van der Waals surface area contributed by atoms with Crippen molar-refractivity contribution >= 4 is 38.9 Å². The molecule has 0 unspecified atom stereocenters. The number of halogens is 1. The van der Waals surface area contributed by atoms with E-state index in [2.05, 4.69) is 10.0 Å². The second kappa shape index (κ2) is 7.82. The van der Waals surface area contributed by atoms with Gasteiger partial charge in [0.15, 0.2) is 0 Å². The van der Waals surface area contributed by atoms with Gasteiger partial charge in [0.25, 0.3) is 15.9 Å². The van der Waals surface area contributed by atoms with E-state index < -0.39 is 15.9 Å². The SMILES string of the molecule is Cc1ccc(NS(=O)(=O)c2cccc(C(=O)Nc3ccc(Cl)cc3)c2)cc1. The van der Waals surface area contributed by atoms with Crippen LogP contribution in [0.25, 0.3) is 0 Å². The van der Waals surface area contributed by atoms with Crippen LogP contribution in [0, 0.1) is 6.92 Å². The molecule has 0 aromatic heterocycles. The van der Waals surface area contributed by atoms with Gasteiger partial charge < -0.3 is 5.32 Å². The van der Waals surface area contributed by atoms with Gasteiger partial charge in [-0.25, -0.2) is 8.42 Å². The first-order valence-corrected chi connectivity index (χ1v) is 9.96. The van der Waals surface area contributed by atoms with E-state index in [0.29, 0.717) is 16.4 Å². The van der Waals surface area contributed by atoms with Gasteiger partial charge in [0.05, 0.1) is 4.90 Å². The molecule has 3 aromatic rings. The Morgan fingerprint density at radius 1 is 0.889 bits per heavy atom. The van der Waals surface area contributed by atoms with Gasteiger partial charge in [-0.1, -0.05) is 35.4 Å². The second-order valence-electron chi connectivity index (χ2n) is 5.96. The highest BCUT2D eigenvalue weighted by Gasteiger charge is 2.16. The maximum Gasteiger partial charge on any atom is 0.261 e. The summed E-state index contributed by atoms with van der Waals surface area (Å²) in [5.74, 6) is -0.412. The maximum absolute atomic E-state index is 12.6. The van der Waals surface area contributed by atoms with E-state index in [1.807, 2.05) is 19.1 Å². The lowest BCUT2D eigenvalue weighted by atomic mass is 10.2. The quantitative estimate of drug-likeness (QED) is 0.651. The summed E-state index contributed by atoms with van der Waals surface area (Å²) in [7, 11) is -3.81. The predicted octanol–water partition coefficient (Wildman–Crippen LogP) is 4.70. The molecular weight excluding hydrogens is 384 g/mol. The van der Waals surface area contributed by atoms with E-state index in [4.69, 9.17) is 11.6 Å². The van der Waals surface area contributed by atoms with Crippen LogP contribution in [0.2, 0.25) is 5.02 Å². The van der Waals surface area contributed by atoms with Crippen molar-refractivity contribution in [1.29, 1.82) is 0 Å². The van der Waals surface area contributed by atoms with Crippen LogP contribution in [0.4, 0.5) is 11.4 Å². The third kappa shape index (κ3) is 4.87. The second-order valence-corrected chi connectivity index (χ2v) is 8.08. The van der Waals surface area contributed by atoms with Crippen LogP contribution >= 0.6 is 11.6 Å². The molecule has 0 aliphatic carbocycles. The molecule has 2 N–H and O–H groups in total. The van der Waals surface area contributed by atoms with Gasteiger partial charge in [-0.2, -0.15) is 0 Å². The molecule has 27 heavy (non-hydrogen) atoms. The molecule has 3 rings (SSSR count). The van der Waals surface area contributed by atoms with E-state index in [0.717, 1.165) is 5.56 Å². The molecule has 7 heteroatoms. The molecule has 0 radical (unpaired) electrons. The van der Waals surface area contributed by atoms with Crippen molar-refractivity contribution in [2.75, 3.05) is 10.0 Å². The van der Waals surface area contributed by atoms with Gasteiger partial charge in [0, 0.05) is 22.0 Å². The lowest BCUT2D eigenvalue weighted by molar-refractivity contribution is 0.102. The minimum Gasteiger partial charge on any atom is -0.322 e. The molecule has 0 heterocycles. The molecule has 0 atom stereocenters. The fourth-order valence-electron chi connectivity index (χ4n) is 2.38. The smallest absolute Gasteiger partial charge is 0.261 e. The summed E-state index contributed by atoms with van der Waals surface area (Å²) < 4.78 is 27.7. The van der Waals surface area contributed by atoms with Crippen molar-refractivity contribution in [3.63, 3.8) is 0 Å². The van der Waals surface area contributed by atoms with Crippen LogP contribution in [0.15, 0.2) is 77.7 Å². The van der Waals surface area contributed by atoms with Crippen LogP contribution in [-0.4, -0.2) is 14.3 Å². The normalized spacial score (nSPS) is 11.0. The number of carbonyl (C=O) groups excluding carboxylic acids is 1. The van der Waals surface area contributed by atoms with E-state index in [9.17, 15) is 13.2 Å². The Balaban J connectivity index is 1.80. The molecule has 5 nitrogen and oxygen atoms in total. The van der Waals surface area contributed by atoms with Crippen molar-refractivity contribution in [3.8, 4) is 0 Å². The number of carbonyl (C=O) groups is 1. The Kier molecular flexibility index (Phi) is 5.48. The highest BCUT2D eigenvalue weighted by atomic mass is 35.5. The largest absolute Gasteiger partial charge is 0.322 e. The summed E-state index contributed by atoms with van der Waals surface area (Å²) in [5.41, 5.74) is 2.28. The highest BCUT2D eigenvalue weighted by Crippen LogP contribution is 2.19. The van der Waals surface area contributed by atoms with E-state index in [-0.39, 0.29) is 10.5 Å². The monoisotopic (exact) mass is 400 g/mol. The van der Waals surface area contributed by atoms with Gasteiger partial charge >= 0.3 is 0 Å². The third-order valence-electron chi connectivity index (χ3n) is 3.81. The lowest BCUT2D eigenvalue weighted by Gasteiger charge is -2.10. The molecule has 1 amide bonds. The van der Waals surface area contributed by atoms with Crippen LogP contribution in [0.3, 0.4) is 0 Å². The van der Waals surface area contributed by atoms with Gasteiger partial charge in [-0.15, -0.1) is 0 Å². The van der Waals surface area contributed by atoms with Crippen molar-refractivity contribution < 1.29 is 13.2 Å². The van der Waals surface area contributed by atoms with E-state index >= 15 is 0 Å². The zero-order valence-corrected chi connectivity index (χ0v) is 16.0. The average Bonchev–Trinajstić information content (AvgIpc) is 2.65. The number of aryl methyl sites for hydroxylation is 1. The summed E-state index contributed by atoms with van der Waals surface area (Å²) in [6.07, 6.45) is 0. The summed E-state index contributed by atoms with van der Waals surface area (Å²) in [6.45, 7) is 1.92. The molecule has 0 fully saturated rings. The van der Waals surface area contributed by atoms with Crippen molar-refractivity contribution in [1.82, 2.24) is 0 Å². The van der Waals surface area contributed by atoms with Gasteiger partial charge in [-0.05, 0) is 61.5 Å². The Hall–Kier alpha value is -2.83. The van der Waals surface area contributed by atoms with Gasteiger partial charge in [0.2, 0.25) is 0 Å². The number of hydrogen-bond acceptors (Lipinski definition) is 3.